The summed E-state index contributed by atoms with van der Waals surface area (Å²) in [5, 5.41) is 30.1. The first-order chi connectivity index (χ1) is 9.83. The Balaban J connectivity index is 2.19. The molecule has 4 atom stereocenters. The van der Waals surface area contributed by atoms with Gasteiger partial charge in [-0.3, -0.25) is 4.57 Å². The van der Waals surface area contributed by atoms with Crippen LogP contribution in [0.25, 0.3) is 11.2 Å². The summed E-state index contributed by atoms with van der Waals surface area (Å²) in [5.41, 5.74) is 3.46. The third kappa shape index (κ3) is 1.69. The zero-order chi connectivity index (χ0) is 15.4. The van der Waals surface area contributed by atoms with E-state index in [0.29, 0.717) is 11.2 Å². The molecule has 0 radical (unpaired) electrons. The molecule has 3 rings (SSSR count). The largest absolute Gasteiger partial charge is 0.394 e. The Morgan fingerprint density at radius 1 is 1.38 bits per heavy atom. The standard InChI is InChI=1S/C12H17N5O4/c1-11(20)8(19)6(3-18)21-12(11,2)17-5-16-7-9(13)14-4-15-10(7)17/h4-6,8,18-20H,3H2,1-2H3,(H2,13,14,15)/t6-,8+,11?,12-/m1/s1. The number of nitrogen functional groups attached to an aromatic ring is 1. The predicted octanol–water partition coefficient (Wildman–Crippen LogP) is -1.42. The van der Waals surface area contributed by atoms with Crippen LogP contribution in [0.5, 0.6) is 0 Å². The van der Waals surface area contributed by atoms with E-state index < -0.39 is 30.1 Å². The van der Waals surface area contributed by atoms with Gasteiger partial charge in [0.2, 0.25) is 0 Å². The van der Waals surface area contributed by atoms with Crippen molar-refractivity contribution in [1.82, 2.24) is 19.5 Å². The van der Waals surface area contributed by atoms with Crippen LogP contribution in [0.3, 0.4) is 0 Å². The summed E-state index contributed by atoms with van der Waals surface area (Å²) in [6, 6.07) is 0. The van der Waals surface area contributed by atoms with E-state index in [2.05, 4.69) is 15.0 Å². The number of hydrogen-bond donors (Lipinski definition) is 4. The van der Waals surface area contributed by atoms with Crippen LogP contribution in [0, 0.1) is 0 Å². The minimum Gasteiger partial charge on any atom is -0.394 e. The minimum absolute atomic E-state index is 0.208. The molecule has 9 nitrogen and oxygen atoms in total. The van der Waals surface area contributed by atoms with E-state index in [1.54, 1.807) is 6.92 Å². The number of hydrogen-bond acceptors (Lipinski definition) is 8. The SMILES string of the molecule is CC1(O)[C@@H](O)[C@@H](CO)O[C@@]1(C)n1cnc2c(N)ncnc21. The average Bonchev–Trinajstić information content (AvgIpc) is 2.95. The molecule has 0 aliphatic carbocycles. The number of anilines is 1. The summed E-state index contributed by atoms with van der Waals surface area (Å²) < 4.78 is 7.18. The molecular weight excluding hydrogens is 278 g/mol. The topological polar surface area (TPSA) is 140 Å². The van der Waals surface area contributed by atoms with Gasteiger partial charge in [-0.1, -0.05) is 0 Å². The summed E-state index contributed by atoms with van der Waals surface area (Å²) in [6.07, 6.45) is 0.519. The lowest BCUT2D eigenvalue weighted by atomic mass is 9.88. The normalized spacial score (nSPS) is 36.4. The zero-order valence-corrected chi connectivity index (χ0v) is 11.6. The van der Waals surface area contributed by atoms with E-state index in [-0.39, 0.29) is 5.82 Å². The number of nitrogens with two attached hydrogens (primary N) is 1. The number of imidazole rings is 1. The number of aliphatic hydroxyl groups excluding tert-OH is 2. The Morgan fingerprint density at radius 2 is 2.10 bits per heavy atom. The summed E-state index contributed by atoms with van der Waals surface area (Å²) in [7, 11) is 0. The van der Waals surface area contributed by atoms with Crippen LogP contribution < -0.4 is 5.73 Å². The van der Waals surface area contributed by atoms with Crippen molar-refractivity contribution in [3.05, 3.63) is 12.7 Å². The van der Waals surface area contributed by atoms with E-state index in [9.17, 15) is 15.3 Å². The molecule has 0 bridgehead atoms. The van der Waals surface area contributed by atoms with Gasteiger partial charge in [-0.15, -0.1) is 0 Å². The molecule has 0 aromatic carbocycles. The lowest BCUT2D eigenvalue weighted by molar-refractivity contribution is -0.174. The van der Waals surface area contributed by atoms with Crippen LogP contribution in [0.2, 0.25) is 0 Å². The van der Waals surface area contributed by atoms with Crippen molar-refractivity contribution in [2.24, 2.45) is 0 Å². The van der Waals surface area contributed by atoms with E-state index >= 15 is 0 Å². The number of aliphatic hydroxyl groups is 3. The Labute approximate surface area is 120 Å². The van der Waals surface area contributed by atoms with Crippen molar-refractivity contribution >= 4 is 17.0 Å². The highest BCUT2D eigenvalue weighted by molar-refractivity contribution is 5.81. The van der Waals surface area contributed by atoms with E-state index in [1.165, 1.54) is 24.1 Å². The first-order valence-corrected chi connectivity index (χ1v) is 6.46. The molecule has 1 unspecified atom stereocenters. The van der Waals surface area contributed by atoms with Crippen molar-refractivity contribution in [3.63, 3.8) is 0 Å². The van der Waals surface area contributed by atoms with Crippen LogP contribution in [0.15, 0.2) is 12.7 Å². The van der Waals surface area contributed by atoms with E-state index in [1.807, 2.05) is 0 Å². The predicted molar refractivity (Wildman–Crippen MR) is 72.0 cm³/mol. The van der Waals surface area contributed by atoms with Gasteiger partial charge in [0.05, 0.1) is 12.9 Å². The molecule has 21 heavy (non-hydrogen) atoms. The third-order valence-electron chi connectivity index (χ3n) is 4.25. The summed E-state index contributed by atoms with van der Waals surface area (Å²) >= 11 is 0. The highest BCUT2D eigenvalue weighted by Crippen LogP contribution is 2.44. The van der Waals surface area contributed by atoms with Gasteiger partial charge in [0.1, 0.15) is 29.7 Å². The van der Waals surface area contributed by atoms with Gasteiger partial charge in [0.25, 0.3) is 0 Å². The van der Waals surface area contributed by atoms with Crippen LogP contribution in [0.4, 0.5) is 5.82 Å². The molecule has 2 aromatic heterocycles. The molecule has 114 valence electrons. The van der Waals surface area contributed by atoms with Crippen molar-refractivity contribution in [2.75, 3.05) is 12.3 Å². The third-order valence-corrected chi connectivity index (χ3v) is 4.25. The summed E-state index contributed by atoms with van der Waals surface area (Å²) in [4.78, 5) is 12.1. The Bertz CT molecular complexity index is 687. The maximum absolute atomic E-state index is 10.7. The molecule has 0 amide bonds. The van der Waals surface area contributed by atoms with Gasteiger partial charge < -0.3 is 25.8 Å². The van der Waals surface area contributed by atoms with Crippen LogP contribution in [-0.4, -0.2) is 59.3 Å². The molecule has 2 aromatic rings. The fourth-order valence-electron chi connectivity index (χ4n) is 2.72. The molecule has 1 saturated heterocycles. The van der Waals surface area contributed by atoms with Crippen molar-refractivity contribution in [3.8, 4) is 0 Å². The molecule has 1 aliphatic heterocycles. The molecule has 5 N–H and O–H groups in total. The monoisotopic (exact) mass is 295 g/mol. The van der Waals surface area contributed by atoms with Gasteiger partial charge in [-0.2, -0.15) is 0 Å². The van der Waals surface area contributed by atoms with Gasteiger partial charge in [-0.25, -0.2) is 15.0 Å². The maximum Gasteiger partial charge on any atom is 0.176 e. The second kappa shape index (κ2) is 4.34. The second-order valence-corrected chi connectivity index (χ2v) is 5.46. The maximum atomic E-state index is 10.7. The number of nitrogens with zero attached hydrogens (tertiary/aromatic N) is 4. The smallest absolute Gasteiger partial charge is 0.176 e. The molecule has 3 heterocycles. The summed E-state index contributed by atoms with van der Waals surface area (Å²) in [6.45, 7) is 2.60. The Kier molecular flexibility index (Phi) is 2.92. The molecule has 1 fully saturated rings. The van der Waals surface area contributed by atoms with Crippen LogP contribution >= 0.6 is 0 Å². The molecular formula is C12H17N5O4. The molecule has 0 saturated carbocycles. The fourth-order valence-corrected chi connectivity index (χ4v) is 2.72. The first-order valence-electron chi connectivity index (χ1n) is 6.46. The highest BCUT2D eigenvalue weighted by Gasteiger charge is 2.61. The average molecular weight is 295 g/mol. The number of aromatic nitrogens is 4. The second-order valence-electron chi connectivity index (χ2n) is 5.46. The number of ether oxygens (including phenoxy) is 1. The van der Waals surface area contributed by atoms with Crippen molar-refractivity contribution in [2.45, 2.75) is 37.4 Å². The quantitative estimate of drug-likeness (QED) is 0.529. The fraction of sp³-hybridized carbons (Fsp3) is 0.583. The Morgan fingerprint density at radius 3 is 2.71 bits per heavy atom. The van der Waals surface area contributed by atoms with E-state index in [4.69, 9.17) is 10.5 Å². The molecule has 9 heteroatoms. The lowest BCUT2D eigenvalue weighted by Crippen LogP contribution is -2.53. The summed E-state index contributed by atoms with van der Waals surface area (Å²) in [5.74, 6) is 0.208. The molecule has 0 spiro atoms. The van der Waals surface area contributed by atoms with Crippen molar-refractivity contribution < 1.29 is 20.1 Å². The minimum atomic E-state index is -1.66. The number of fused-ring (bicyclic) bond motifs is 1. The van der Waals surface area contributed by atoms with Crippen LogP contribution in [-0.2, 0) is 10.5 Å². The first kappa shape index (κ1) is 14.1. The molecule has 1 aliphatic rings. The lowest BCUT2D eigenvalue weighted by Gasteiger charge is -2.37. The van der Waals surface area contributed by atoms with Crippen LogP contribution in [0.1, 0.15) is 13.8 Å². The van der Waals surface area contributed by atoms with Gasteiger partial charge >= 0.3 is 0 Å². The highest BCUT2D eigenvalue weighted by atomic mass is 16.6. The Hall–Kier alpha value is -1.81. The van der Waals surface area contributed by atoms with Gasteiger partial charge in [0, 0.05) is 0 Å². The number of rotatable bonds is 2. The van der Waals surface area contributed by atoms with Crippen molar-refractivity contribution in [1.29, 1.82) is 0 Å². The van der Waals surface area contributed by atoms with Gasteiger partial charge in [0.15, 0.2) is 17.2 Å². The van der Waals surface area contributed by atoms with Gasteiger partial charge in [-0.05, 0) is 13.8 Å². The zero-order valence-electron chi connectivity index (χ0n) is 11.6. The van der Waals surface area contributed by atoms with E-state index in [0.717, 1.165) is 0 Å².